The Bertz CT molecular complexity index is 474. The zero-order valence-electron chi connectivity index (χ0n) is 11.4. The Hall–Kier alpha value is -2.11. The van der Waals surface area contributed by atoms with Crippen molar-refractivity contribution < 1.29 is 9.72 Å². The highest BCUT2D eigenvalue weighted by molar-refractivity contribution is 6.00. The van der Waals surface area contributed by atoms with Gasteiger partial charge in [0.05, 0.1) is 4.92 Å². The third kappa shape index (κ3) is 3.67. The molecule has 1 aromatic carbocycles. The van der Waals surface area contributed by atoms with Gasteiger partial charge in [0.25, 0.3) is 5.91 Å². The second-order valence-corrected chi connectivity index (χ2v) is 4.37. The maximum absolute atomic E-state index is 12.1. The summed E-state index contributed by atoms with van der Waals surface area (Å²) in [7, 11) is 1.59. The first-order valence-corrected chi connectivity index (χ1v) is 6.27. The number of nitro benzene ring substituents is 1. The molecule has 1 atom stereocenters. The molecular formula is C13H19N3O3. The molecule has 1 amide bonds. The van der Waals surface area contributed by atoms with Crippen LogP contribution in [0.1, 0.15) is 37.0 Å². The number of para-hydroxylation sites is 1. The average molecular weight is 265 g/mol. The molecule has 0 spiro atoms. The Kier molecular flexibility index (Phi) is 5.29. The summed E-state index contributed by atoms with van der Waals surface area (Å²) >= 11 is 0. The number of amides is 1. The topological polar surface area (TPSA) is 84.3 Å². The molecule has 2 N–H and O–H groups in total. The second kappa shape index (κ2) is 6.72. The summed E-state index contributed by atoms with van der Waals surface area (Å²) in [5, 5.41) is 16.6. The number of hydrogen-bond acceptors (Lipinski definition) is 4. The number of carbonyl (C=O) groups is 1. The fourth-order valence-corrected chi connectivity index (χ4v) is 1.93. The van der Waals surface area contributed by atoms with Crippen molar-refractivity contribution in [3.8, 4) is 0 Å². The van der Waals surface area contributed by atoms with Crippen LogP contribution in [-0.2, 0) is 0 Å². The van der Waals surface area contributed by atoms with Crippen molar-refractivity contribution in [3.05, 3.63) is 33.9 Å². The van der Waals surface area contributed by atoms with Crippen LogP contribution in [0.2, 0.25) is 0 Å². The van der Waals surface area contributed by atoms with E-state index in [2.05, 4.69) is 10.6 Å². The number of benzene rings is 1. The molecule has 6 nitrogen and oxygen atoms in total. The Morgan fingerprint density at radius 1 is 1.47 bits per heavy atom. The smallest absolute Gasteiger partial charge is 0.305 e. The number of hydrogen-bond donors (Lipinski definition) is 2. The van der Waals surface area contributed by atoms with Gasteiger partial charge in [-0.2, -0.15) is 0 Å². The highest BCUT2D eigenvalue weighted by atomic mass is 16.6. The van der Waals surface area contributed by atoms with Gasteiger partial charge in [0.15, 0.2) is 0 Å². The van der Waals surface area contributed by atoms with Crippen LogP contribution in [-0.4, -0.2) is 23.9 Å². The first-order chi connectivity index (χ1) is 9.01. The number of nitrogens with one attached hydrogen (secondary N) is 2. The minimum absolute atomic E-state index is 0.00431. The van der Waals surface area contributed by atoms with E-state index in [4.69, 9.17) is 0 Å². The number of nitro groups is 1. The summed E-state index contributed by atoms with van der Waals surface area (Å²) in [4.78, 5) is 22.6. The quantitative estimate of drug-likeness (QED) is 0.611. The van der Waals surface area contributed by atoms with Crippen molar-refractivity contribution in [2.45, 2.75) is 32.7 Å². The van der Waals surface area contributed by atoms with Crippen LogP contribution in [0.5, 0.6) is 0 Å². The van der Waals surface area contributed by atoms with E-state index in [9.17, 15) is 14.9 Å². The normalized spacial score (nSPS) is 11.7. The fourth-order valence-electron chi connectivity index (χ4n) is 1.93. The molecule has 0 aliphatic rings. The largest absolute Gasteiger partial charge is 0.383 e. The Balaban J connectivity index is 3.06. The third-order valence-electron chi connectivity index (χ3n) is 2.83. The van der Waals surface area contributed by atoms with Gasteiger partial charge in [-0.25, -0.2) is 0 Å². The summed E-state index contributed by atoms with van der Waals surface area (Å²) in [6.45, 7) is 3.90. The number of nitrogens with zero attached hydrogens (tertiary/aromatic N) is 1. The van der Waals surface area contributed by atoms with E-state index < -0.39 is 10.8 Å². The molecule has 1 rings (SSSR count). The number of rotatable bonds is 6. The van der Waals surface area contributed by atoms with Gasteiger partial charge >= 0.3 is 5.69 Å². The van der Waals surface area contributed by atoms with Gasteiger partial charge in [0.1, 0.15) is 11.3 Å². The van der Waals surface area contributed by atoms with E-state index >= 15 is 0 Å². The molecule has 1 unspecified atom stereocenters. The van der Waals surface area contributed by atoms with E-state index in [1.165, 1.54) is 6.07 Å². The average Bonchev–Trinajstić information content (AvgIpc) is 2.37. The van der Waals surface area contributed by atoms with Gasteiger partial charge < -0.3 is 10.6 Å². The first-order valence-electron chi connectivity index (χ1n) is 6.27. The lowest BCUT2D eigenvalue weighted by Crippen LogP contribution is -2.32. The molecule has 19 heavy (non-hydrogen) atoms. The summed E-state index contributed by atoms with van der Waals surface area (Å²) < 4.78 is 0. The molecule has 1 aromatic rings. The van der Waals surface area contributed by atoms with Gasteiger partial charge in [-0.15, -0.1) is 0 Å². The van der Waals surface area contributed by atoms with Gasteiger partial charge in [0.2, 0.25) is 0 Å². The summed E-state index contributed by atoms with van der Waals surface area (Å²) in [6.07, 6.45) is 1.78. The minimum atomic E-state index is -0.536. The van der Waals surface area contributed by atoms with Gasteiger partial charge in [-0.3, -0.25) is 14.9 Å². The summed E-state index contributed by atoms with van der Waals surface area (Å²) in [6, 6.07) is 4.66. The number of carbonyl (C=O) groups excluding carboxylic acids is 1. The van der Waals surface area contributed by atoms with Crippen molar-refractivity contribution >= 4 is 17.3 Å². The van der Waals surface area contributed by atoms with Crippen molar-refractivity contribution in [1.82, 2.24) is 5.32 Å². The summed E-state index contributed by atoms with van der Waals surface area (Å²) in [5.41, 5.74) is 0.229. The van der Waals surface area contributed by atoms with Crippen molar-refractivity contribution in [2.75, 3.05) is 12.4 Å². The van der Waals surface area contributed by atoms with Crippen LogP contribution in [0.4, 0.5) is 11.4 Å². The molecule has 0 fully saturated rings. The maximum atomic E-state index is 12.1. The molecule has 0 aromatic heterocycles. The molecule has 0 aliphatic carbocycles. The van der Waals surface area contributed by atoms with Crippen molar-refractivity contribution in [1.29, 1.82) is 0 Å². The minimum Gasteiger partial charge on any atom is -0.383 e. The monoisotopic (exact) mass is 265 g/mol. The lowest BCUT2D eigenvalue weighted by Gasteiger charge is -2.13. The van der Waals surface area contributed by atoms with Crippen LogP contribution < -0.4 is 10.6 Å². The Labute approximate surface area is 112 Å². The predicted molar refractivity (Wildman–Crippen MR) is 74.5 cm³/mol. The van der Waals surface area contributed by atoms with E-state index in [-0.39, 0.29) is 17.3 Å². The Morgan fingerprint density at radius 2 is 2.16 bits per heavy atom. The van der Waals surface area contributed by atoms with E-state index in [0.29, 0.717) is 5.69 Å². The van der Waals surface area contributed by atoms with E-state index in [0.717, 1.165) is 12.8 Å². The molecule has 0 saturated carbocycles. The fraction of sp³-hybridized carbons (Fsp3) is 0.462. The van der Waals surface area contributed by atoms with Gasteiger partial charge in [-0.05, 0) is 25.5 Å². The maximum Gasteiger partial charge on any atom is 0.305 e. The molecule has 6 heteroatoms. The zero-order valence-corrected chi connectivity index (χ0v) is 11.4. The van der Waals surface area contributed by atoms with Crippen molar-refractivity contribution in [2.24, 2.45) is 0 Å². The van der Waals surface area contributed by atoms with Crippen LogP contribution in [0.25, 0.3) is 0 Å². The Morgan fingerprint density at radius 3 is 2.68 bits per heavy atom. The van der Waals surface area contributed by atoms with Crippen LogP contribution in [0.15, 0.2) is 18.2 Å². The van der Waals surface area contributed by atoms with E-state index in [1.54, 1.807) is 19.2 Å². The SMILES string of the molecule is CCCC(C)NC(=O)c1cccc(NC)c1[N+](=O)[O-]. The molecule has 104 valence electrons. The van der Waals surface area contributed by atoms with Gasteiger partial charge in [-0.1, -0.05) is 19.4 Å². The van der Waals surface area contributed by atoms with Gasteiger partial charge in [0, 0.05) is 13.1 Å². The predicted octanol–water partition coefficient (Wildman–Crippen LogP) is 2.55. The lowest BCUT2D eigenvalue weighted by molar-refractivity contribution is -0.384. The summed E-state index contributed by atoms with van der Waals surface area (Å²) in [5.74, 6) is -0.412. The van der Waals surface area contributed by atoms with Crippen LogP contribution >= 0.6 is 0 Å². The second-order valence-electron chi connectivity index (χ2n) is 4.37. The standard InChI is InChI=1S/C13H19N3O3/c1-4-6-9(2)15-13(17)10-7-5-8-11(14-3)12(10)16(18)19/h5,7-9,14H,4,6H2,1-3H3,(H,15,17). The highest BCUT2D eigenvalue weighted by Gasteiger charge is 2.24. The first kappa shape index (κ1) is 14.9. The highest BCUT2D eigenvalue weighted by Crippen LogP contribution is 2.28. The number of anilines is 1. The molecule has 0 saturated heterocycles. The molecule has 0 radical (unpaired) electrons. The van der Waals surface area contributed by atoms with E-state index in [1.807, 2.05) is 13.8 Å². The molecule has 0 aliphatic heterocycles. The zero-order chi connectivity index (χ0) is 14.4. The van der Waals surface area contributed by atoms with Crippen molar-refractivity contribution in [3.63, 3.8) is 0 Å². The molecule has 0 heterocycles. The van der Waals surface area contributed by atoms with Crippen LogP contribution in [0, 0.1) is 10.1 Å². The lowest BCUT2D eigenvalue weighted by atomic mass is 10.1. The molecule has 0 bridgehead atoms. The molecular weight excluding hydrogens is 246 g/mol. The third-order valence-corrected chi connectivity index (χ3v) is 2.83. The van der Waals surface area contributed by atoms with Crippen LogP contribution in [0.3, 0.4) is 0 Å².